The Morgan fingerprint density at radius 2 is 2.00 bits per heavy atom. The van der Waals surface area contributed by atoms with Crippen LogP contribution < -0.4 is 5.56 Å². The van der Waals surface area contributed by atoms with Crippen LogP contribution in [0.4, 0.5) is 0 Å². The molecule has 10 nitrogen and oxygen atoms in total. The van der Waals surface area contributed by atoms with Gasteiger partial charge in [-0.15, -0.1) is 10.2 Å². The Morgan fingerprint density at radius 1 is 1.14 bits per heavy atom. The Labute approximate surface area is 200 Å². The van der Waals surface area contributed by atoms with Gasteiger partial charge in [0, 0.05) is 24.2 Å². The lowest BCUT2D eigenvalue weighted by atomic mass is 10.1. The van der Waals surface area contributed by atoms with E-state index in [0.717, 1.165) is 23.8 Å². The van der Waals surface area contributed by atoms with Crippen LogP contribution in [0.3, 0.4) is 0 Å². The maximum Gasteiger partial charge on any atom is 0.270 e. The molecule has 5 rings (SSSR count). The molecular weight excluding hydrogens is 448 g/mol. The highest BCUT2D eigenvalue weighted by molar-refractivity contribution is 5.79. The number of pyridine rings is 1. The molecule has 4 heterocycles. The van der Waals surface area contributed by atoms with E-state index in [1.54, 1.807) is 17.0 Å². The summed E-state index contributed by atoms with van der Waals surface area (Å²) in [5.74, 6) is 0.192. The number of rotatable bonds is 8. The summed E-state index contributed by atoms with van der Waals surface area (Å²) in [6, 6.07) is 10.8. The molecule has 4 aromatic heterocycles. The Bertz CT molecular complexity index is 1520. The molecule has 0 saturated carbocycles. The van der Waals surface area contributed by atoms with Crippen molar-refractivity contribution in [3.63, 3.8) is 0 Å². The highest BCUT2D eigenvalue weighted by Gasteiger charge is 2.26. The highest BCUT2D eigenvalue weighted by Crippen LogP contribution is 2.27. The molecule has 0 aliphatic carbocycles. The van der Waals surface area contributed by atoms with Crippen LogP contribution in [0.1, 0.15) is 55.7 Å². The average Bonchev–Trinajstić information content (AvgIpc) is 3.50. The van der Waals surface area contributed by atoms with Crippen molar-refractivity contribution in [3.8, 4) is 17.3 Å². The lowest BCUT2D eigenvalue weighted by Crippen LogP contribution is -2.30. The van der Waals surface area contributed by atoms with Crippen molar-refractivity contribution >= 4 is 11.0 Å². The molecule has 0 saturated heterocycles. The molecule has 10 heteroatoms. The van der Waals surface area contributed by atoms with Crippen LogP contribution in [-0.2, 0) is 12.8 Å². The van der Waals surface area contributed by atoms with Crippen LogP contribution >= 0.6 is 0 Å². The van der Waals surface area contributed by atoms with Crippen LogP contribution in [0.5, 0.6) is 5.88 Å². The second-order valence-corrected chi connectivity index (χ2v) is 8.27. The first kappa shape index (κ1) is 22.5. The van der Waals surface area contributed by atoms with E-state index < -0.39 is 11.4 Å². The van der Waals surface area contributed by atoms with Crippen molar-refractivity contribution in [2.75, 3.05) is 0 Å². The number of aromatic nitrogens is 6. The minimum absolute atomic E-state index is 0.100. The number of hydrogen-bond donors (Lipinski definition) is 1. The molecule has 1 aromatic carbocycles. The molecule has 5 aromatic rings. The molecule has 0 aliphatic heterocycles. The van der Waals surface area contributed by atoms with Crippen molar-refractivity contribution in [1.29, 1.82) is 0 Å². The van der Waals surface area contributed by atoms with Crippen molar-refractivity contribution < 1.29 is 14.0 Å². The van der Waals surface area contributed by atoms with Gasteiger partial charge in [-0.2, -0.15) is 4.98 Å². The molecule has 178 valence electrons. The third-order valence-corrected chi connectivity index (χ3v) is 5.93. The topological polar surface area (TPSA) is 133 Å². The molecule has 1 N–H and O–H groups in total. The maximum atomic E-state index is 13.7. The Hall–Kier alpha value is -4.34. The Morgan fingerprint density at radius 3 is 2.80 bits per heavy atom. The maximum absolute atomic E-state index is 13.7. The van der Waals surface area contributed by atoms with E-state index in [1.165, 1.54) is 0 Å². The van der Waals surface area contributed by atoms with Gasteiger partial charge in [-0.3, -0.25) is 14.3 Å². The highest BCUT2D eigenvalue weighted by atomic mass is 16.5. The zero-order valence-electron chi connectivity index (χ0n) is 19.4. The van der Waals surface area contributed by atoms with E-state index >= 15 is 0 Å². The lowest BCUT2D eigenvalue weighted by molar-refractivity contribution is 0.429. The van der Waals surface area contributed by atoms with Crippen LogP contribution in [0.25, 0.3) is 22.4 Å². The molecule has 0 bridgehead atoms. The largest absolute Gasteiger partial charge is 0.493 e. The third kappa shape index (κ3) is 4.30. The van der Waals surface area contributed by atoms with E-state index in [2.05, 4.69) is 32.2 Å². The number of nitrogens with zero attached hydrogens (tertiary/aromatic N) is 6. The Kier molecular flexibility index (Phi) is 6.09. The minimum Gasteiger partial charge on any atom is -0.493 e. The van der Waals surface area contributed by atoms with Crippen molar-refractivity contribution in [1.82, 2.24) is 29.9 Å². The standard InChI is InChI=1S/C25H24N6O4/c1-3-4-11-20-27-23(32)22(25(33)31(20)15(2)16-8-7-12-26-14-16)24-29-28-21(34-24)13-18-17-9-5-6-10-19(17)35-30-18/h5-10,12,14-15,32H,3-4,11,13H2,1-2H3. The van der Waals surface area contributed by atoms with Crippen molar-refractivity contribution in [3.05, 3.63) is 82.1 Å². The summed E-state index contributed by atoms with van der Waals surface area (Å²) in [6.45, 7) is 3.95. The van der Waals surface area contributed by atoms with Gasteiger partial charge in [-0.1, -0.05) is 36.7 Å². The van der Waals surface area contributed by atoms with Gasteiger partial charge in [0.2, 0.25) is 11.8 Å². The number of benzene rings is 1. The first-order valence-electron chi connectivity index (χ1n) is 11.5. The molecule has 1 unspecified atom stereocenters. The van der Waals surface area contributed by atoms with Gasteiger partial charge in [0.25, 0.3) is 11.4 Å². The molecule has 35 heavy (non-hydrogen) atoms. The predicted octanol–water partition coefficient (Wildman–Crippen LogP) is 4.08. The van der Waals surface area contributed by atoms with Crippen LogP contribution in [0.15, 0.2) is 62.5 Å². The fourth-order valence-corrected chi connectivity index (χ4v) is 4.07. The second-order valence-electron chi connectivity index (χ2n) is 8.27. The normalized spacial score (nSPS) is 12.3. The lowest BCUT2D eigenvalue weighted by Gasteiger charge is -2.20. The molecule has 0 fully saturated rings. The number of aromatic hydroxyl groups is 1. The van der Waals surface area contributed by atoms with E-state index in [1.807, 2.05) is 43.3 Å². The Balaban J connectivity index is 1.55. The van der Waals surface area contributed by atoms with Gasteiger partial charge < -0.3 is 14.0 Å². The van der Waals surface area contributed by atoms with E-state index in [-0.39, 0.29) is 29.8 Å². The number of aryl methyl sites for hydroxylation is 1. The first-order valence-corrected chi connectivity index (χ1v) is 11.5. The molecular formula is C25H24N6O4. The fourth-order valence-electron chi connectivity index (χ4n) is 4.07. The smallest absolute Gasteiger partial charge is 0.270 e. The number of hydrogen-bond acceptors (Lipinski definition) is 9. The summed E-state index contributed by atoms with van der Waals surface area (Å²) in [5.41, 5.74) is 1.54. The molecule has 0 radical (unpaired) electrons. The molecule has 0 aliphatic rings. The van der Waals surface area contributed by atoms with Crippen LogP contribution in [0.2, 0.25) is 0 Å². The monoisotopic (exact) mass is 472 g/mol. The van der Waals surface area contributed by atoms with E-state index in [0.29, 0.717) is 23.5 Å². The van der Waals surface area contributed by atoms with Crippen molar-refractivity contribution in [2.45, 2.75) is 45.6 Å². The quantitative estimate of drug-likeness (QED) is 0.354. The molecule has 0 spiro atoms. The number of unbranched alkanes of at least 4 members (excludes halogenated alkanes) is 1. The van der Waals surface area contributed by atoms with Gasteiger partial charge in [-0.05, 0) is 37.1 Å². The van der Waals surface area contributed by atoms with Gasteiger partial charge in [0.1, 0.15) is 11.5 Å². The zero-order chi connectivity index (χ0) is 24.4. The summed E-state index contributed by atoms with van der Waals surface area (Å²) >= 11 is 0. The molecule has 1 atom stereocenters. The number of para-hydroxylation sites is 1. The summed E-state index contributed by atoms with van der Waals surface area (Å²) < 4.78 is 12.7. The summed E-state index contributed by atoms with van der Waals surface area (Å²) in [5, 5.41) is 23.7. The summed E-state index contributed by atoms with van der Waals surface area (Å²) in [4.78, 5) is 22.2. The van der Waals surface area contributed by atoms with E-state index in [9.17, 15) is 9.90 Å². The third-order valence-electron chi connectivity index (χ3n) is 5.93. The fraction of sp³-hybridized carbons (Fsp3) is 0.280. The first-order chi connectivity index (χ1) is 17.1. The van der Waals surface area contributed by atoms with Gasteiger partial charge in [0.15, 0.2) is 11.1 Å². The van der Waals surface area contributed by atoms with Crippen molar-refractivity contribution in [2.24, 2.45) is 0 Å². The summed E-state index contributed by atoms with van der Waals surface area (Å²) in [7, 11) is 0. The number of fused-ring (bicyclic) bond motifs is 1. The average molecular weight is 473 g/mol. The van der Waals surface area contributed by atoms with Gasteiger partial charge in [-0.25, -0.2) is 0 Å². The zero-order valence-corrected chi connectivity index (χ0v) is 19.4. The van der Waals surface area contributed by atoms with Gasteiger partial charge >= 0.3 is 0 Å². The summed E-state index contributed by atoms with van der Waals surface area (Å²) in [6.07, 6.45) is 5.88. The van der Waals surface area contributed by atoms with Crippen LogP contribution in [0, 0.1) is 0 Å². The SMILES string of the molecule is CCCCc1nc(O)c(-c2nnc(Cc3noc4ccccc34)o2)c(=O)n1C(C)c1cccnc1. The van der Waals surface area contributed by atoms with Crippen LogP contribution in [-0.4, -0.2) is 35.0 Å². The molecule has 0 amide bonds. The van der Waals surface area contributed by atoms with E-state index in [4.69, 9.17) is 8.94 Å². The van der Waals surface area contributed by atoms with Gasteiger partial charge in [0.05, 0.1) is 12.5 Å². The minimum atomic E-state index is -0.456. The second kappa shape index (κ2) is 9.49. The predicted molar refractivity (Wildman–Crippen MR) is 127 cm³/mol.